The van der Waals surface area contributed by atoms with Crippen molar-refractivity contribution in [1.82, 2.24) is 15.5 Å². The maximum Gasteiger partial charge on any atom is 0.461 e. The van der Waals surface area contributed by atoms with E-state index in [0.717, 1.165) is 7.05 Å². The third kappa shape index (κ3) is 3.86. The summed E-state index contributed by atoms with van der Waals surface area (Å²) in [6.07, 6.45) is -4.84. The topological polar surface area (TPSA) is 41.6 Å². The number of hydrogen-bond acceptors (Lipinski definition) is 4. The Morgan fingerprint density at radius 2 is 1.92 bits per heavy atom. The van der Waals surface area contributed by atoms with E-state index >= 15 is 0 Å². The largest absolute Gasteiger partial charge is 0.765 e. The van der Waals surface area contributed by atoms with E-state index in [9.17, 15) is 18.4 Å². The number of nitrogens with one attached hydrogen (secondary N) is 1. The van der Waals surface area contributed by atoms with E-state index in [1.54, 1.807) is 7.05 Å². The average Bonchev–Trinajstić information content (AvgIpc) is 1.97. The molecule has 0 aliphatic rings. The normalized spacial score (nSPS) is 13.0. The van der Waals surface area contributed by atoms with Gasteiger partial charge >= 0.3 is 6.30 Å². The van der Waals surface area contributed by atoms with Crippen molar-refractivity contribution in [2.24, 2.45) is 0 Å². The monoisotopic (exact) mass is 186 g/mol. The molecule has 1 N–H and O–H groups in total. The minimum absolute atomic E-state index is 0.0134. The van der Waals surface area contributed by atoms with Gasteiger partial charge in [-0.15, -0.1) is 0 Å². The Labute approximate surface area is 68.5 Å². The Morgan fingerprint density at radius 3 is 2.25 bits per heavy atom. The van der Waals surface area contributed by atoms with Gasteiger partial charge in [-0.3, -0.25) is 0 Å². The summed E-state index contributed by atoms with van der Waals surface area (Å²) >= 11 is 0. The van der Waals surface area contributed by atoms with Gasteiger partial charge in [0.25, 0.3) is 0 Å². The lowest BCUT2D eigenvalue weighted by Gasteiger charge is -2.38. The van der Waals surface area contributed by atoms with Gasteiger partial charge in [-0.25, -0.2) is 10.2 Å². The SMILES string of the molecule is CNCCN(C)N([O-])C(F)(F)F. The molecule has 74 valence electrons. The fourth-order valence-electron chi connectivity index (χ4n) is 0.558. The zero-order chi connectivity index (χ0) is 9.78. The highest BCUT2D eigenvalue weighted by atomic mass is 19.4. The van der Waals surface area contributed by atoms with E-state index in [-0.39, 0.29) is 6.54 Å². The summed E-state index contributed by atoms with van der Waals surface area (Å²) in [4.78, 5) is 0. The van der Waals surface area contributed by atoms with Gasteiger partial charge in [0.1, 0.15) is 0 Å². The van der Waals surface area contributed by atoms with Gasteiger partial charge in [0.05, 0.1) is 0 Å². The molecule has 0 saturated carbocycles. The van der Waals surface area contributed by atoms with Crippen LogP contribution >= 0.6 is 0 Å². The van der Waals surface area contributed by atoms with E-state index in [4.69, 9.17) is 0 Å². The van der Waals surface area contributed by atoms with E-state index in [1.807, 2.05) is 0 Å². The number of alkyl halides is 3. The molecule has 0 aromatic heterocycles. The van der Waals surface area contributed by atoms with Gasteiger partial charge in [-0.2, -0.15) is 13.2 Å². The molecule has 7 heteroatoms. The molecule has 0 aliphatic heterocycles. The highest BCUT2D eigenvalue weighted by Crippen LogP contribution is 2.20. The molecule has 0 unspecified atom stereocenters. The van der Waals surface area contributed by atoms with Crippen LogP contribution in [0.15, 0.2) is 0 Å². The maximum atomic E-state index is 11.7. The lowest BCUT2D eigenvalue weighted by molar-refractivity contribution is -0.286. The van der Waals surface area contributed by atoms with Crippen molar-refractivity contribution in [3.05, 3.63) is 5.21 Å². The molecule has 0 amide bonds. The minimum Gasteiger partial charge on any atom is -0.765 e. The average molecular weight is 186 g/mol. The molecule has 0 atom stereocenters. The molecule has 12 heavy (non-hydrogen) atoms. The fraction of sp³-hybridized carbons (Fsp3) is 1.00. The molecule has 0 aromatic rings. The van der Waals surface area contributed by atoms with Crippen LogP contribution in [0.4, 0.5) is 13.2 Å². The van der Waals surface area contributed by atoms with E-state index < -0.39 is 11.5 Å². The van der Waals surface area contributed by atoms with Crippen molar-refractivity contribution in [2.75, 3.05) is 27.2 Å². The molecule has 0 heterocycles. The molecule has 0 spiro atoms. The second kappa shape index (κ2) is 4.61. The summed E-state index contributed by atoms with van der Waals surface area (Å²) < 4.78 is 35.0. The molecular weight excluding hydrogens is 175 g/mol. The Morgan fingerprint density at radius 1 is 1.42 bits per heavy atom. The Kier molecular flexibility index (Phi) is 4.46. The summed E-state index contributed by atoms with van der Waals surface area (Å²) in [5, 5.41) is 12.5. The summed E-state index contributed by atoms with van der Waals surface area (Å²) in [5.41, 5.74) is 0. The van der Waals surface area contributed by atoms with Crippen molar-refractivity contribution < 1.29 is 13.2 Å². The Balaban J connectivity index is 3.84. The van der Waals surface area contributed by atoms with E-state index in [0.29, 0.717) is 11.6 Å². The van der Waals surface area contributed by atoms with Gasteiger partial charge in [0.2, 0.25) is 0 Å². The third-order valence-corrected chi connectivity index (χ3v) is 1.21. The molecule has 0 radical (unpaired) electrons. The summed E-state index contributed by atoms with van der Waals surface area (Å²) in [6, 6.07) is 0. The van der Waals surface area contributed by atoms with Crippen LogP contribution in [0, 0.1) is 5.21 Å². The summed E-state index contributed by atoms with van der Waals surface area (Å²) in [6.45, 7) is 0.338. The van der Waals surface area contributed by atoms with Crippen molar-refractivity contribution in [2.45, 2.75) is 6.30 Å². The predicted octanol–water partition coefficient (Wildman–Crippen LogP) is 0.372. The molecule has 0 bridgehead atoms. The molecule has 0 saturated heterocycles. The van der Waals surface area contributed by atoms with E-state index in [1.165, 1.54) is 0 Å². The van der Waals surface area contributed by atoms with Gasteiger partial charge in [-0.05, 0) is 7.05 Å². The van der Waals surface area contributed by atoms with Crippen LogP contribution in [0.2, 0.25) is 0 Å². The van der Waals surface area contributed by atoms with Gasteiger partial charge in [-0.1, -0.05) is 0 Å². The number of halogens is 3. The van der Waals surface area contributed by atoms with Gasteiger partial charge < -0.3 is 10.5 Å². The number of hydroxylamine groups is 1. The summed E-state index contributed by atoms with van der Waals surface area (Å²) in [7, 11) is 2.68. The minimum atomic E-state index is -4.84. The van der Waals surface area contributed by atoms with Crippen LogP contribution in [0.3, 0.4) is 0 Å². The van der Waals surface area contributed by atoms with Crippen LogP contribution in [0.5, 0.6) is 0 Å². The van der Waals surface area contributed by atoms with Crippen molar-refractivity contribution in [3.8, 4) is 0 Å². The van der Waals surface area contributed by atoms with Crippen LogP contribution in [-0.2, 0) is 0 Å². The first-order valence-corrected chi connectivity index (χ1v) is 3.29. The molecular formula is C5H11F3N3O-. The van der Waals surface area contributed by atoms with E-state index in [2.05, 4.69) is 5.32 Å². The molecule has 0 aliphatic carbocycles. The lowest BCUT2D eigenvalue weighted by atomic mass is 10.6. The molecule has 0 rings (SSSR count). The number of likely N-dealkylation sites (N-methyl/N-ethyl adjacent to an activating group) is 2. The molecule has 4 nitrogen and oxygen atoms in total. The highest BCUT2D eigenvalue weighted by molar-refractivity contribution is 4.57. The van der Waals surface area contributed by atoms with Crippen LogP contribution in [0.1, 0.15) is 0 Å². The number of hydrazine groups is 1. The van der Waals surface area contributed by atoms with Crippen LogP contribution in [-0.4, -0.2) is 43.7 Å². The zero-order valence-corrected chi connectivity index (χ0v) is 6.85. The maximum absolute atomic E-state index is 11.7. The standard InChI is InChI=1S/C5H11F3N3O/c1-9-3-4-10(2)11(12)5(6,7)8/h9H,3-4H2,1-2H3/q-1. The number of rotatable bonds is 4. The quantitative estimate of drug-likeness (QED) is 0.509. The van der Waals surface area contributed by atoms with Gasteiger partial charge in [0, 0.05) is 20.1 Å². The van der Waals surface area contributed by atoms with Crippen LogP contribution < -0.4 is 5.32 Å². The summed E-state index contributed by atoms with van der Waals surface area (Å²) in [5.74, 6) is 0. The second-order valence-electron chi connectivity index (χ2n) is 2.23. The van der Waals surface area contributed by atoms with Gasteiger partial charge in [0.15, 0.2) is 0 Å². The third-order valence-electron chi connectivity index (χ3n) is 1.21. The van der Waals surface area contributed by atoms with Crippen molar-refractivity contribution in [1.29, 1.82) is 0 Å². The first kappa shape index (κ1) is 11.6. The first-order chi connectivity index (χ1) is 5.39. The number of nitrogens with zero attached hydrogens (tertiary/aromatic N) is 2. The Bertz CT molecular complexity index is 130. The molecule has 0 fully saturated rings. The fourth-order valence-corrected chi connectivity index (χ4v) is 0.558. The highest BCUT2D eigenvalue weighted by Gasteiger charge is 2.32. The van der Waals surface area contributed by atoms with Crippen molar-refractivity contribution in [3.63, 3.8) is 0 Å². The number of hydrogen-bond donors (Lipinski definition) is 1. The smallest absolute Gasteiger partial charge is 0.461 e. The second-order valence-corrected chi connectivity index (χ2v) is 2.23. The molecule has 0 aromatic carbocycles. The lowest BCUT2D eigenvalue weighted by Crippen LogP contribution is -2.46. The predicted molar refractivity (Wildman–Crippen MR) is 37.8 cm³/mol. The Hall–Kier alpha value is -0.370. The van der Waals surface area contributed by atoms with Crippen LogP contribution in [0.25, 0.3) is 0 Å². The zero-order valence-electron chi connectivity index (χ0n) is 6.85. The van der Waals surface area contributed by atoms with Crippen molar-refractivity contribution >= 4 is 0 Å². The first-order valence-electron chi connectivity index (χ1n) is 3.29.